The van der Waals surface area contributed by atoms with Crippen LogP contribution in [0.4, 0.5) is 0 Å². The molecule has 0 heterocycles. The smallest absolute Gasteiger partial charge is 0.342 e. The lowest BCUT2D eigenvalue weighted by Gasteiger charge is -2.12. The van der Waals surface area contributed by atoms with Crippen LogP contribution in [-0.4, -0.2) is 18.4 Å². The van der Waals surface area contributed by atoms with Gasteiger partial charge in [-0.3, -0.25) is 4.79 Å². The lowest BCUT2D eigenvalue weighted by Crippen LogP contribution is -2.15. The minimum absolute atomic E-state index is 0.198. The molecule has 0 saturated carbocycles. The lowest BCUT2D eigenvalue weighted by molar-refractivity contribution is 0.0470. The molecule has 3 aromatic carbocycles. The van der Waals surface area contributed by atoms with E-state index in [2.05, 4.69) is 0 Å². The van der Waals surface area contributed by atoms with E-state index < -0.39 is 5.97 Å². The fourth-order valence-corrected chi connectivity index (χ4v) is 3.76. The van der Waals surface area contributed by atoms with E-state index in [0.29, 0.717) is 23.5 Å². The summed E-state index contributed by atoms with van der Waals surface area (Å²) in [5, 5.41) is 0. The van der Waals surface area contributed by atoms with Crippen molar-refractivity contribution in [3.63, 3.8) is 0 Å². The molecule has 0 radical (unpaired) electrons. The Morgan fingerprint density at radius 1 is 0.900 bits per heavy atom. The minimum Gasteiger partial charge on any atom is -0.488 e. The van der Waals surface area contributed by atoms with Crippen LogP contribution in [-0.2, 0) is 24.2 Å². The number of Topliss-reactive ketones (excluding diaryl/α,β-unsaturated/α-hetero) is 1. The van der Waals surface area contributed by atoms with Crippen LogP contribution in [0.15, 0.2) is 66.7 Å². The summed E-state index contributed by atoms with van der Waals surface area (Å²) in [7, 11) is 0. The molecule has 4 nitrogen and oxygen atoms in total. The van der Waals surface area contributed by atoms with Gasteiger partial charge in [0.15, 0.2) is 12.4 Å². The van der Waals surface area contributed by atoms with Crippen molar-refractivity contribution in [1.82, 2.24) is 0 Å². The molecule has 0 unspecified atom stereocenters. The van der Waals surface area contributed by atoms with Gasteiger partial charge in [-0.05, 0) is 61.1 Å². The highest BCUT2D eigenvalue weighted by Crippen LogP contribution is 2.24. The van der Waals surface area contributed by atoms with Crippen molar-refractivity contribution in [1.29, 1.82) is 0 Å². The molecule has 0 amide bonds. The molecule has 3 aromatic rings. The summed E-state index contributed by atoms with van der Waals surface area (Å²) in [6.45, 7) is 2.08. The van der Waals surface area contributed by atoms with Crippen LogP contribution < -0.4 is 4.74 Å². The summed E-state index contributed by atoms with van der Waals surface area (Å²) in [5.74, 6) is -0.324. The molecule has 0 aromatic heterocycles. The Balaban J connectivity index is 1.39. The highest BCUT2D eigenvalue weighted by molar-refractivity contribution is 6.00. The van der Waals surface area contributed by atoms with Gasteiger partial charge in [-0.2, -0.15) is 0 Å². The van der Waals surface area contributed by atoms with Gasteiger partial charge in [-0.25, -0.2) is 4.79 Å². The standard InChI is InChI=1S/C26H24O4/c1-18-6-4-7-19(14-18)16-29-25-11-3-2-10-23(25)26(28)30-17-24(27)22-13-12-20-8-5-9-21(20)15-22/h2-4,6-7,10-15H,5,8-9,16-17H2,1H3. The Bertz CT molecular complexity index is 1080. The molecule has 0 aliphatic heterocycles. The molecule has 0 fully saturated rings. The highest BCUT2D eigenvalue weighted by Gasteiger charge is 2.18. The Morgan fingerprint density at radius 3 is 2.60 bits per heavy atom. The van der Waals surface area contributed by atoms with Gasteiger partial charge in [0, 0.05) is 5.56 Å². The number of hydrogen-bond donors (Lipinski definition) is 0. The number of carbonyl (C=O) groups is 2. The molecular formula is C26H24O4. The summed E-state index contributed by atoms with van der Waals surface area (Å²) >= 11 is 0. The van der Waals surface area contributed by atoms with Gasteiger partial charge in [-0.15, -0.1) is 0 Å². The maximum absolute atomic E-state index is 12.6. The van der Waals surface area contributed by atoms with Crippen LogP contribution >= 0.6 is 0 Å². The third-order valence-electron chi connectivity index (χ3n) is 5.34. The third kappa shape index (κ3) is 4.60. The number of ether oxygens (including phenoxy) is 2. The normalized spacial score (nSPS) is 12.3. The van der Waals surface area contributed by atoms with Crippen molar-refractivity contribution in [2.75, 3.05) is 6.61 Å². The van der Waals surface area contributed by atoms with Gasteiger partial charge < -0.3 is 9.47 Å². The van der Waals surface area contributed by atoms with Crippen LogP contribution in [0.1, 0.15) is 49.4 Å². The first-order valence-corrected chi connectivity index (χ1v) is 10.2. The summed E-state index contributed by atoms with van der Waals surface area (Å²) in [5.41, 5.74) is 5.60. The Morgan fingerprint density at radius 2 is 1.73 bits per heavy atom. The number of para-hydroxylation sites is 1. The molecular weight excluding hydrogens is 376 g/mol. The van der Waals surface area contributed by atoms with Gasteiger partial charge in [0.2, 0.25) is 0 Å². The average Bonchev–Trinajstić information content (AvgIpc) is 3.24. The van der Waals surface area contributed by atoms with Crippen LogP contribution in [0.25, 0.3) is 0 Å². The summed E-state index contributed by atoms with van der Waals surface area (Å²) in [6.07, 6.45) is 3.20. The minimum atomic E-state index is -0.565. The van der Waals surface area contributed by atoms with Gasteiger partial charge >= 0.3 is 5.97 Å². The average molecular weight is 400 g/mol. The van der Waals surface area contributed by atoms with E-state index in [1.54, 1.807) is 24.3 Å². The molecule has 0 atom stereocenters. The van der Waals surface area contributed by atoms with E-state index >= 15 is 0 Å². The van der Waals surface area contributed by atoms with Gasteiger partial charge in [0.1, 0.15) is 17.9 Å². The first-order chi connectivity index (χ1) is 14.6. The molecule has 1 aliphatic rings. The van der Waals surface area contributed by atoms with E-state index in [4.69, 9.17) is 9.47 Å². The quantitative estimate of drug-likeness (QED) is 0.409. The van der Waals surface area contributed by atoms with E-state index in [9.17, 15) is 9.59 Å². The van der Waals surface area contributed by atoms with E-state index in [0.717, 1.165) is 30.4 Å². The largest absolute Gasteiger partial charge is 0.488 e. The summed E-state index contributed by atoms with van der Waals surface area (Å²) < 4.78 is 11.2. The second kappa shape index (κ2) is 8.95. The van der Waals surface area contributed by atoms with Crippen molar-refractivity contribution >= 4 is 11.8 Å². The van der Waals surface area contributed by atoms with Gasteiger partial charge in [-0.1, -0.05) is 54.1 Å². The molecule has 4 heteroatoms. The van der Waals surface area contributed by atoms with Crippen LogP contribution in [0.2, 0.25) is 0 Å². The van der Waals surface area contributed by atoms with E-state index in [1.807, 2.05) is 49.4 Å². The van der Waals surface area contributed by atoms with Crippen LogP contribution in [0, 0.1) is 6.92 Å². The zero-order valence-corrected chi connectivity index (χ0v) is 17.0. The maximum atomic E-state index is 12.6. The second-order valence-corrected chi connectivity index (χ2v) is 7.61. The van der Waals surface area contributed by atoms with Gasteiger partial charge in [0.25, 0.3) is 0 Å². The summed E-state index contributed by atoms with van der Waals surface area (Å²) in [6, 6.07) is 20.7. The molecule has 4 rings (SSSR count). The number of hydrogen-bond acceptors (Lipinski definition) is 4. The predicted molar refractivity (Wildman–Crippen MR) is 115 cm³/mol. The van der Waals surface area contributed by atoms with E-state index in [1.165, 1.54) is 11.1 Å². The lowest BCUT2D eigenvalue weighted by atomic mass is 10.0. The molecule has 0 saturated heterocycles. The first kappa shape index (κ1) is 19.9. The monoisotopic (exact) mass is 400 g/mol. The van der Waals surface area contributed by atoms with Crippen molar-refractivity contribution in [2.24, 2.45) is 0 Å². The third-order valence-corrected chi connectivity index (χ3v) is 5.34. The molecule has 152 valence electrons. The first-order valence-electron chi connectivity index (χ1n) is 10.2. The highest BCUT2D eigenvalue weighted by atomic mass is 16.5. The topological polar surface area (TPSA) is 52.6 Å². The fourth-order valence-electron chi connectivity index (χ4n) is 3.76. The number of ketones is 1. The number of aryl methyl sites for hydroxylation is 3. The molecule has 0 spiro atoms. The van der Waals surface area contributed by atoms with Gasteiger partial charge in [0.05, 0.1) is 0 Å². The maximum Gasteiger partial charge on any atom is 0.342 e. The number of rotatable bonds is 7. The van der Waals surface area contributed by atoms with Crippen LogP contribution in [0.5, 0.6) is 5.75 Å². The zero-order valence-electron chi connectivity index (χ0n) is 17.0. The van der Waals surface area contributed by atoms with Crippen molar-refractivity contribution in [3.05, 3.63) is 100 Å². The number of fused-ring (bicyclic) bond motifs is 1. The SMILES string of the molecule is Cc1cccc(COc2ccccc2C(=O)OCC(=O)c2ccc3c(c2)CCC3)c1. The second-order valence-electron chi connectivity index (χ2n) is 7.61. The zero-order chi connectivity index (χ0) is 20.9. The van der Waals surface area contributed by atoms with Crippen LogP contribution in [0.3, 0.4) is 0 Å². The molecule has 1 aliphatic carbocycles. The molecule has 30 heavy (non-hydrogen) atoms. The Hall–Kier alpha value is -3.40. The number of esters is 1. The molecule has 0 N–H and O–H groups in total. The Labute approximate surface area is 176 Å². The van der Waals surface area contributed by atoms with Crippen molar-refractivity contribution < 1.29 is 19.1 Å². The molecule has 0 bridgehead atoms. The Kier molecular flexibility index (Phi) is 5.94. The number of carbonyl (C=O) groups excluding carboxylic acids is 2. The van der Waals surface area contributed by atoms with Crippen molar-refractivity contribution in [3.8, 4) is 5.75 Å². The number of benzene rings is 3. The fraction of sp³-hybridized carbons (Fsp3) is 0.231. The van der Waals surface area contributed by atoms with Crippen molar-refractivity contribution in [2.45, 2.75) is 32.8 Å². The van der Waals surface area contributed by atoms with E-state index in [-0.39, 0.29) is 12.4 Å². The summed E-state index contributed by atoms with van der Waals surface area (Å²) in [4.78, 5) is 25.1. The predicted octanol–water partition coefficient (Wildman–Crippen LogP) is 5.10.